The summed E-state index contributed by atoms with van der Waals surface area (Å²) in [5.74, 6) is -1.05. The number of anilines is 3. The Balaban J connectivity index is 1.48. The van der Waals surface area contributed by atoms with E-state index in [9.17, 15) is 23.8 Å². The number of aliphatic hydroxyl groups excluding tert-OH is 1. The van der Waals surface area contributed by atoms with Gasteiger partial charge in [0.2, 0.25) is 5.95 Å². The molecule has 0 aliphatic heterocycles. The molecule has 2 atom stereocenters. The molecule has 2 aromatic heterocycles. The predicted octanol–water partition coefficient (Wildman–Crippen LogP) is 3.91. The molecular weight excluding hydrogens is 458 g/mol. The highest BCUT2D eigenvalue weighted by molar-refractivity contribution is 5.93. The third kappa shape index (κ3) is 4.37. The number of carboxylic acids is 1. The van der Waals surface area contributed by atoms with Crippen molar-refractivity contribution in [2.75, 3.05) is 10.6 Å². The van der Waals surface area contributed by atoms with Gasteiger partial charge in [-0.15, -0.1) is 0 Å². The number of nitrogens with zero attached hydrogens (tertiary/aromatic N) is 4. The van der Waals surface area contributed by atoms with Crippen LogP contribution in [-0.2, 0) is 13.0 Å². The maximum Gasteiger partial charge on any atom is 0.341 e. The monoisotopic (exact) mass is 480 g/mol. The second-order valence-corrected chi connectivity index (χ2v) is 8.42. The zero-order valence-corrected chi connectivity index (χ0v) is 18.6. The Bertz CT molecular complexity index is 1420. The number of hydrogen-bond donors (Lipinski definition) is 4. The lowest BCUT2D eigenvalue weighted by Gasteiger charge is -2.20. The lowest BCUT2D eigenvalue weighted by atomic mass is 10.1. The molecule has 0 spiro atoms. The summed E-state index contributed by atoms with van der Waals surface area (Å²) >= 11 is 0. The molecule has 1 aliphatic carbocycles. The smallest absolute Gasteiger partial charge is 0.341 e. The number of alkyl halides is 2. The Morgan fingerprint density at radius 1 is 1.26 bits per heavy atom. The Morgan fingerprint density at radius 2 is 2.06 bits per heavy atom. The second kappa shape index (κ2) is 8.91. The van der Waals surface area contributed by atoms with Crippen LogP contribution in [0.4, 0.5) is 26.2 Å². The van der Waals surface area contributed by atoms with Crippen LogP contribution >= 0.6 is 0 Å². The minimum absolute atomic E-state index is 0.0530. The molecule has 180 valence electrons. The Kier molecular flexibility index (Phi) is 5.77. The number of aromatic nitrogens is 4. The minimum Gasteiger partial charge on any atom is -0.477 e. The Morgan fingerprint density at radius 3 is 2.83 bits per heavy atom. The van der Waals surface area contributed by atoms with Crippen LogP contribution in [0, 0.1) is 6.92 Å². The van der Waals surface area contributed by atoms with Crippen LogP contribution in [0.5, 0.6) is 0 Å². The van der Waals surface area contributed by atoms with Gasteiger partial charge in [-0.05, 0) is 35.7 Å². The van der Waals surface area contributed by atoms with Gasteiger partial charge in [-0.3, -0.25) is 4.68 Å². The first-order valence-corrected chi connectivity index (χ1v) is 10.9. The number of aliphatic hydroxyl groups is 1. The molecule has 0 radical (unpaired) electrons. The van der Waals surface area contributed by atoms with Crippen LogP contribution < -0.4 is 10.6 Å². The summed E-state index contributed by atoms with van der Waals surface area (Å²) in [5, 5.41) is 31.1. The van der Waals surface area contributed by atoms with Crippen molar-refractivity contribution in [1.29, 1.82) is 0 Å². The molecule has 4 aromatic rings. The van der Waals surface area contributed by atoms with Crippen molar-refractivity contribution >= 4 is 34.3 Å². The van der Waals surface area contributed by atoms with Crippen molar-refractivity contribution < 1.29 is 23.8 Å². The molecule has 35 heavy (non-hydrogen) atoms. The number of halogens is 2. The van der Waals surface area contributed by atoms with Crippen LogP contribution in [0.25, 0.3) is 10.9 Å². The minimum atomic E-state index is -2.55. The quantitative estimate of drug-likeness (QED) is 0.314. The maximum atomic E-state index is 12.9. The van der Waals surface area contributed by atoms with Gasteiger partial charge in [-0.2, -0.15) is 10.1 Å². The molecule has 4 N–H and O–H groups in total. The van der Waals surface area contributed by atoms with Crippen molar-refractivity contribution in [3.63, 3.8) is 0 Å². The summed E-state index contributed by atoms with van der Waals surface area (Å²) in [7, 11) is 0. The highest BCUT2D eigenvalue weighted by atomic mass is 19.3. The van der Waals surface area contributed by atoms with E-state index in [1.807, 2.05) is 37.3 Å². The lowest BCUT2D eigenvalue weighted by Crippen LogP contribution is -2.23. The molecule has 0 unspecified atom stereocenters. The lowest BCUT2D eigenvalue weighted by molar-refractivity contribution is 0.0696. The van der Waals surface area contributed by atoms with E-state index < -0.39 is 31.1 Å². The SMILES string of the molecule is Cc1cc2cnn(CC(F)F)c2cc1Nc1ncc(C(=O)O)c(N[C@H]2c3ccccc3C[C@H]2O)n1. The van der Waals surface area contributed by atoms with Crippen molar-refractivity contribution in [1.82, 2.24) is 19.7 Å². The van der Waals surface area contributed by atoms with Gasteiger partial charge in [0.25, 0.3) is 6.43 Å². The maximum absolute atomic E-state index is 12.9. The normalized spacial score (nSPS) is 17.1. The van der Waals surface area contributed by atoms with Gasteiger partial charge in [0.15, 0.2) is 0 Å². The molecule has 0 saturated carbocycles. The highest BCUT2D eigenvalue weighted by Crippen LogP contribution is 2.35. The van der Waals surface area contributed by atoms with E-state index in [-0.39, 0.29) is 17.3 Å². The van der Waals surface area contributed by atoms with Crippen molar-refractivity contribution in [2.24, 2.45) is 0 Å². The number of aromatic carboxylic acids is 1. The topological polar surface area (TPSA) is 125 Å². The average Bonchev–Trinajstić information content (AvgIpc) is 3.33. The summed E-state index contributed by atoms with van der Waals surface area (Å²) < 4.78 is 27.1. The van der Waals surface area contributed by atoms with E-state index in [0.29, 0.717) is 23.0 Å². The van der Waals surface area contributed by atoms with Crippen LogP contribution in [-0.4, -0.2) is 48.5 Å². The molecule has 0 fully saturated rings. The Hall–Kier alpha value is -4.12. The van der Waals surface area contributed by atoms with Crippen LogP contribution in [0.1, 0.15) is 33.1 Å². The van der Waals surface area contributed by atoms with E-state index in [1.165, 1.54) is 17.1 Å². The third-order valence-corrected chi connectivity index (χ3v) is 6.06. The molecule has 2 heterocycles. The molecule has 1 aliphatic rings. The zero-order chi connectivity index (χ0) is 24.7. The fourth-order valence-corrected chi connectivity index (χ4v) is 4.37. The number of carbonyl (C=O) groups is 1. The average molecular weight is 480 g/mol. The van der Waals surface area contributed by atoms with E-state index in [1.54, 1.807) is 6.07 Å². The number of carboxylic acid groups (broad SMARTS) is 1. The largest absolute Gasteiger partial charge is 0.477 e. The van der Waals surface area contributed by atoms with Gasteiger partial charge in [0.1, 0.15) is 17.9 Å². The first-order valence-electron chi connectivity index (χ1n) is 10.9. The van der Waals surface area contributed by atoms with Crippen LogP contribution in [0.3, 0.4) is 0 Å². The van der Waals surface area contributed by atoms with E-state index >= 15 is 0 Å². The molecular formula is C24H22F2N6O3. The summed E-state index contributed by atoms with van der Waals surface area (Å²) in [5.41, 5.74) is 3.59. The highest BCUT2D eigenvalue weighted by Gasteiger charge is 2.32. The fourth-order valence-electron chi connectivity index (χ4n) is 4.37. The second-order valence-electron chi connectivity index (χ2n) is 8.42. The molecule has 0 amide bonds. The van der Waals surface area contributed by atoms with Crippen molar-refractivity contribution in [2.45, 2.75) is 38.5 Å². The standard InChI is InChI=1S/C24H22F2N6O3/c1-12-6-14-9-28-32(11-20(25)26)18(14)8-17(12)29-24-27-10-16(23(34)35)22(31-24)30-21-15-5-3-2-4-13(15)7-19(21)33/h2-6,8-10,19-21,33H,7,11H2,1H3,(H,34,35)(H2,27,29,30,31)/t19-,21+/m1/s1. The van der Waals surface area contributed by atoms with Gasteiger partial charge >= 0.3 is 5.97 Å². The Labute approximate surface area is 198 Å². The summed E-state index contributed by atoms with van der Waals surface area (Å²) in [6.07, 6.45) is -0.146. The van der Waals surface area contributed by atoms with Gasteiger partial charge in [0, 0.05) is 23.7 Å². The molecule has 5 rings (SSSR count). The number of aryl methyl sites for hydroxylation is 1. The van der Waals surface area contributed by atoms with Crippen molar-refractivity contribution in [3.8, 4) is 0 Å². The third-order valence-electron chi connectivity index (χ3n) is 6.06. The summed E-state index contributed by atoms with van der Waals surface area (Å²) in [4.78, 5) is 20.3. The molecule has 11 heteroatoms. The fraction of sp³-hybridized carbons (Fsp3) is 0.250. The summed E-state index contributed by atoms with van der Waals surface area (Å²) in [6, 6.07) is 10.5. The van der Waals surface area contributed by atoms with Crippen LogP contribution in [0.2, 0.25) is 0 Å². The predicted molar refractivity (Wildman–Crippen MR) is 125 cm³/mol. The molecule has 9 nitrogen and oxygen atoms in total. The zero-order valence-electron chi connectivity index (χ0n) is 18.6. The first-order chi connectivity index (χ1) is 16.8. The van der Waals surface area contributed by atoms with E-state index in [0.717, 1.165) is 16.7 Å². The number of hydrogen-bond acceptors (Lipinski definition) is 7. The van der Waals surface area contributed by atoms with Gasteiger partial charge in [-0.25, -0.2) is 18.6 Å². The van der Waals surface area contributed by atoms with Crippen LogP contribution in [0.15, 0.2) is 48.8 Å². The van der Waals surface area contributed by atoms with Crippen molar-refractivity contribution in [3.05, 3.63) is 71.0 Å². The summed E-state index contributed by atoms with van der Waals surface area (Å²) in [6.45, 7) is 1.30. The molecule has 2 aromatic carbocycles. The number of benzene rings is 2. The number of nitrogens with one attached hydrogen (secondary N) is 2. The molecule has 0 bridgehead atoms. The first kappa shape index (κ1) is 22.7. The number of rotatable bonds is 7. The van der Waals surface area contributed by atoms with Gasteiger partial charge in [-0.1, -0.05) is 24.3 Å². The van der Waals surface area contributed by atoms with Gasteiger partial charge in [0.05, 0.1) is 23.9 Å². The molecule has 0 saturated heterocycles. The number of fused-ring (bicyclic) bond motifs is 2. The van der Waals surface area contributed by atoms with E-state index in [4.69, 9.17) is 0 Å². The van der Waals surface area contributed by atoms with E-state index in [2.05, 4.69) is 25.7 Å². The van der Waals surface area contributed by atoms with Gasteiger partial charge < -0.3 is 20.8 Å².